The normalized spacial score (nSPS) is 24.6. The van der Waals surface area contributed by atoms with Crippen LogP contribution >= 0.6 is 0 Å². The highest BCUT2D eigenvalue weighted by atomic mass is 16.5. The molecule has 1 aromatic heterocycles. The van der Waals surface area contributed by atoms with E-state index >= 15 is 0 Å². The van der Waals surface area contributed by atoms with Crippen LogP contribution in [0.25, 0.3) is 0 Å². The molecule has 0 N–H and O–H groups in total. The molecular formula is C14H21NO2. The van der Waals surface area contributed by atoms with E-state index in [1.54, 1.807) is 0 Å². The van der Waals surface area contributed by atoms with Gasteiger partial charge in [0.1, 0.15) is 11.8 Å². The quantitative estimate of drug-likeness (QED) is 0.754. The number of hydrogen-bond acceptors (Lipinski definition) is 2. The Morgan fingerprint density at radius 3 is 2.88 bits per heavy atom. The van der Waals surface area contributed by atoms with Crippen molar-refractivity contribution in [2.75, 3.05) is 0 Å². The summed E-state index contributed by atoms with van der Waals surface area (Å²) in [4.78, 5) is 12.0. The molecule has 0 spiro atoms. The highest BCUT2D eigenvalue weighted by Crippen LogP contribution is 2.29. The van der Waals surface area contributed by atoms with E-state index in [1.807, 2.05) is 29.9 Å². The van der Waals surface area contributed by atoms with Gasteiger partial charge in [-0.3, -0.25) is 0 Å². The van der Waals surface area contributed by atoms with Crippen molar-refractivity contribution in [3.63, 3.8) is 0 Å². The number of carbonyl (C=O) groups excluding carboxylic acids is 1. The smallest absolute Gasteiger partial charge is 0.355 e. The molecule has 1 aliphatic carbocycles. The molecule has 1 aliphatic rings. The van der Waals surface area contributed by atoms with Gasteiger partial charge < -0.3 is 9.30 Å². The van der Waals surface area contributed by atoms with Gasteiger partial charge in [-0.05, 0) is 43.7 Å². The Hall–Kier alpha value is -1.25. The Morgan fingerprint density at radius 2 is 2.24 bits per heavy atom. The van der Waals surface area contributed by atoms with Gasteiger partial charge in [0.25, 0.3) is 0 Å². The number of aryl methyl sites for hydroxylation is 1. The first-order valence-corrected chi connectivity index (χ1v) is 6.54. The molecule has 0 saturated heterocycles. The van der Waals surface area contributed by atoms with Crippen LogP contribution in [0.2, 0.25) is 0 Å². The third kappa shape index (κ3) is 2.71. The zero-order chi connectivity index (χ0) is 12.3. The minimum atomic E-state index is -0.178. The van der Waals surface area contributed by atoms with Crippen molar-refractivity contribution in [1.29, 1.82) is 0 Å². The van der Waals surface area contributed by atoms with Crippen molar-refractivity contribution >= 4 is 5.97 Å². The van der Waals surface area contributed by atoms with Crippen molar-refractivity contribution in [2.24, 2.45) is 13.0 Å². The summed E-state index contributed by atoms with van der Waals surface area (Å²) in [7, 11) is 1.87. The average Bonchev–Trinajstić information content (AvgIpc) is 2.76. The second kappa shape index (κ2) is 5.39. The number of rotatable bonds is 3. The van der Waals surface area contributed by atoms with Crippen LogP contribution in [0.1, 0.15) is 49.5 Å². The number of nitrogens with zero attached hydrogens (tertiary/aromatic N) is 1. The highest BCUT2D eigenvalue weighted by molar-refractivity contribution is 5.87. The Morgan fingerprint density at radius 1 is 1.47 bits per heavy atom. The zero-order valence-electron chi connectivity index (χ0n) is 10.7. The molecule has 1 heterocycles. The SMILES string of the molecule is CCC1CCCCC1OC(=O)c1cccn1C. The number of ether oxygens (including phenoxy) is 1. The lowest BCUT2D eigenvalue weighted by molar-refractivity contribution is -0.000224. The third-order valence-corrected chi connectivity index (χ3v) is 3.78. The minimum Gasteiger partial charge on any atom is -0.457 e. The van der Waals surface area contributed by atoms with Gasteiger partial charge in [-0.2, -0.15) is 0 Å². The molecule has 0 radical (unpaired) electrons. The zero-order valence-corrected chi connectivity index (χ0v) is 10.7. The maximum atomic E-state index is 12.0. The second-order valence-corrected chi connectivity index (χ2v) is 4.90. The first-order chi connectivity index (χ1) is 8.22. The average molecular weight is 235 g/mol. The number of carbonyl (C=O) groups is 1. The van der Waals surface area contributed by atoms with E-state index in [2.05, 4.69) is 6.92 Å². The minimum absolute atomic E-state index is 0.121. The van der Waals surface area contributed by atoms with Gasteiger partial charge in [0.05, 0.1) is 0 Å². The second-order valence-electron chi connectivity index (χ2n) is 4.90. The molecule has 0 aliphatic heterocycles. The van der Waals surface area contributed by atoms with Gasteiger partial charge in [0.15, 0.2) is 0 Å². The fourth-order valence-electron chi connectivity index (χ4n) is 2.67. The fraction of sp³-hybridized carbons (Fsp3) is 0.643. The van der Waals surface area contributed by atoms with Gasteiger partial charge in [0.2, 0.25) is 0 Å². The summed E-state index contributed by atoms with van der Waals surface area (Å²) >= 11 is 0. The molecule has 0 aromatic carbocycles. The predicted octanol–water partition coefficient (Wildman–Crippen LogP) is 3.15. The Bertz CT molecular complexity index is 383. The van der Waals surface area contributed by atoms with Crippen LogP contribution in [0.3, 0.4) is 0 Å². The number of aromatic nitrogens is 1. The molecule has 0 bridgehead atoms. The van der Waals surface area contributed by atoms with Crippen LogP contribution in [0, 0.1) is 5.92 Å². The first kappa shape index (κ1) is 12.2. The van der Waals surface area contributed by atoms with E-state index in [1.165, 1.54) is 19.3 Å². The van der Waals surface area contributed by atoms with Gasteiger partial charge in [-0.1, -0.05) is 13.3 Å². The lowest BCUT2D eigenvalue weighted by Crippen LogP contribution is -2.30. The predicted molar refractivity (Wildman–Crippen MR) is 66.9 cm³/mol. The van der Waals surface area contributed by atoms with Crippen LogP contribution in [-0.2, 0) is 11.8 Å². The van der Waals surface area contributed by atoms with Gasteiger partial charge >= 0.3 is 5.97 Å². The van der Waals surface area contributed by atoms with Gasteiger partial charge in [-0.15, -0.1) is 0 Å². The summed E-state index contributed by atoms with van der Waals surface area (Å²) in [6, 6.07) is 3.68. The summed E-state index contributed by atoms with van der Waals surface area (Å²) < 4.78 is 7.47. The maximum Gasteiger partial charge on any atom is 0.355 e. The summed E-state index contributed by atoms with van der Waals surface area (Å²) in [5.41, 5.74) is 0.644. The molecular weight excluding hydrogens is 214 g/mol. The molecule has 3 heteroatoms. The lowest BCUT2D eigenvalue weighted by Gasteiger charge is -2.30. The van der Waals surface area contributed by atoms with Crippen molar-refractivity contribution in [2.45, 2.75) is 45.1 Å². The lowest BCUT2D eigenvalue weighted by atomic mass is 9.85. The van der Waals surface area contributed by atoms with E-state index in [0.717, 1.165) is 12.8 Å². The van der Waals surface area contributed by atoms with E-state index in [4.69, 9.17) is 4.74 Å². The van der Waals surface area contributed by atoms with Crippen LogP contribution in [0.4, 0.5) is 0 Å². The Balaban J connectivity index is 2.00. The fourth-order valence-corrected chi connectivity index (χ4v) is 2.67. The first-order valence-electron chi connectivity index (χ1n) is 6.54. The van der Waals surface area contributed by atoms with Crippen LogP contribution in [0.5, 0.6) is 0 Å². The summed E-state index contributed by atoms with van der Waals surface area (Å²) in [6.07, 6.45) is 7.77. The molecule has 94 valence electrons. The molecule has 0 amide bonds. The van der Waals surface area contributed by atoms with Gasteiger partial charge in [-0.25, -0.2) is 4.79 Å². The summed E-state index contributed by atoms with van der Waals surface area (Å²) in [5.74, 6) is 0.371. The van der Waals surface area contributed by atoms with Crippen molar-refractivity contribution in [3.8, 4) is 0 Å². The van der Waals surface area contributed by atoms with Crippen molar-refractivity contribution in [1.82, 2.24) is 4.57 Å². The van der Waals surface area contributed by atoms with Crippen LogP contribution in [-0.4, -0.2) is 16.6 Å². The van der Waals surface area contributed by atoms with Crippen LogP contribution < -0.4 is 0 Å². The molecule has 17 heavy (non-hydrogen) atoms. The number of esters is 1. The van der Waals surface area contributed by atoms with E-state index in [0.29, 0.717) is 11.6 Å². The molecule has 1 fully saturated rings. The molecule has 1 saturated carbocycles. The van der Waals surface area contributed by atoms with E-state index < -0.39 is 0 Å². The van der Waals surface area contributed by atoms with E-state index in [-0.39, 0.29) is 12.1 Å². The highest BCUT2D eigenvalue weighted by Gasteiger charge is 2.27. The monoisotopic (exact) mass is 235 g/mol. The van der Waals surface area contributed by atoms with E-state index in [9.17, 15) is 4.79 Å². The van der Waals surface area contributed by atoms with Crippen LogP contribution in [0.15, 0.2) is 18.3 Å². The largest absolute Gasteiger partial charge is 0.457 e. The summed E-state index contributed by atoms with van der Waals surface area (Å²) in [6.45, 7) is 2.18. The molecule has 2 unspecified atom stereocenters. The summed E-state index contributed by atoms with van der Waals surface area (Å²) in [5, 5.41) is 0. The van der Waals surface area contributed by atoms with Crippen molar-refractivity contribution < 1.29 is 9.53 Å². The molecule has 1 aromatic rings. The molecule has 3 nitrogen and oxygen atoms in total. The molecule has 2 rings (SSSR count). The maximum absolute atomic E-state index is 12.0. The third-order valence-electron chi connectivity index (χ3n) is 3.78. The topological polar surface area (TPSA) is 31.2 Å². The van der Waals surface area contributed by atoms with Crippen molar-refractivity contribution in [3.05, 3.63) is 24.0 Å². The number of hydrogen-bond donors (Lipinski definition) is 0. The standard InChI is InChI=1S/C14H21NO2/c1-3-11-7-4-5-9-13(11)17-14(16)12-8-6-10-15(12)2/h6,8,10-11,13H,3-5,7,9H2,1-2H3. The molecule has 2 atom stereocenters. The Labute approximate surface area is 103 Å². The Kier molecular flexibility index (Phi) is 3.87. The van der Waals surface area contributed by atoms with Gasteiger partial charge in [0, 0.05) is 13.2 Å².